The molecule has 0 bridgehead atoms. The number of amides is 1. The molecule has 29 heavy (non-hydrogen) atoms. The van der Waals surface area contributed by atoms with E-state index in [1.807, 2.05) is 0 Å². The minimum Gasteiger partial charge on any atom is -0.486 e. The Hall–Kier alpha value is -2.37. The van der Waals surface area contributed by atoms with E-state index in [0.717, 1.165) is 0 Å². The van der Waals surface area contributed by atoms with Crippen molar-refractivity contribution in [2.75, 3.05) is 46.1 Å². The molecular weight excluding hydrogens is 404 g/mol. The van der Waals surface area contributed by atoms with Crippen LogP contribution in [0.3, 0.4) is 0 Å². The quantitative estimate of drug-likeness (QED) is 0.599. The van der Waals surface area contributed by atoms with Crippen molar-refractivity contribution in [2.24, 2.45) is 0 Å². The second kappa shape index (κ2) is 9.42. The van der Waals surface area contributed by atoms with Gasteiger partial charge in [0, 0.05) is 25.7 Å². The van der Waals surface area contributed by atoms with Crippen molar-refractivity contribution in [2.45, 2.75) is 24.3 Å². The number of esters is 1. The third kappa shape index (κ3) is 5.58. The number of hydrogen-bond acceptors (Lipinski definition) is 8. The Morgan fingerprint density at radius 1 is 1.14 bits per heavy atom. The Kier molecular flexibility index (Phi) is 6.93. The number of benzene rings is 1. The van der Waals surface area contributed by atoms with Crippen molar-refractivity contribution in [3.8, 4) is 11.5 Å². The minimum atomic E-state index is -3.83. The predicted molar refractivity (Wildman–Crippen MR) is 100 cm³/mol. The third-order valence-corrected chi connectivity index (χ3v) is 5.88. The van der Waals surface area contributed by atoms with Crippen LogP contribution in [0.5, 0.6) is 11.5 Å². The zero-order valence-electron chi connectivity index (χ0n) is 16.1. The van der Waals surface area contributed by atoms with Crippen LogP contribution >= 0.6 is 0 Å². The number of hydrogen-bond donors (Lipinski definition) is 1. The summed E-state index contributed by atoms with van der Waals surface area (Å²) in [5.41, 5.74) is 0. The molecule has 3 rings (SSSR count). The molecule has 1 aromatic rings. The standard InChI is InChI=1S/C18H24N2O8S/c1-13(18(22)20-6-8-25-9-7-20)28-17(21)4-5-19-29(23,24)14-2-3-15-16(12-14)27-11-10-26-15/h2-3,12-13,19H,4-11H2,1H3. The van der Waals surface area contributed by atoms with E-state index in [0.29, 0.717) is 51.0 Å². The summed E-state index contributed by atoms with van der Waals surface area (Å²) in [6.07, 6.45) is -1.14. The molecule has 0 radical (unpaired) electrons. The Morgan fingerprint density at radius 2 is 1.83 bits per heavy atom. The van der Waals surface area contributed by atoms with Gasteiger partial charge in [0.25, 0.3) is 5.91 Å². The lowest BCUT2D eigenvalue weighted by atomic mass is 10.3. The summed E-state index contributed by atoms with van der Waals surface area (Å²) in [5, 5.41) is 0. The molecule has 1 saturated heterocycles. The fraction of sp³-hybridized carbons (Fsp3) is 0.556. The maximum Gasteiger partial charge on any atom is 0.307 e. The van der Waals surface area contributed by atoms with Crippen molar-refractivity contribution >= 4 is 21.9 Å². The summed E-state index contributed by atoms with van der Waals surface area (Å²) in [5.74, 6) is -0.117. The monoisotopic (exact) mass is 428 g/mol. The molecule has 11 heteroatoms. The van der Waals surface area contributed by atoms with Gasteiger partial charge in [-0.2, -0.15) is 0 Å². The maximum atomic E-state index is 12.4. The molecule has 0 aromatic heterocycles. The van der Waals surface area contributed by atoms with E-state index < -0.39 is 22.1 Å². The third-order valence-electron chi connectivity index (χ3n) is 4.42. The second-order valence-corrected chi connectivity index (χ2v) is 8.29. The number of fused-ring (bicyclic) bond motifs is 1. The summed E-state index contributed by atoms with van der Waals surface area (Å²) in [6.45, 7) is 3.90. The molecule has 1 aromatic carbocycles. The van der Waals surface area contributed by atoms with Crippen molar-refractivity contribution in [3.05, 3.63) is 18.2 Å². The van der Waals surface area contributed by atoms with Gasteiger partial charge < -0.3 is 23.8 Å². The molecule has 10 nitrogen and oxygen atoms in total. The van der Waals surface area contributed by atoms with Crippen LogP contribution in [0.25, 0.3) is 0 Å². The normalized spacial score (nSPS) is 17.5. The van der Waals surface area contributed by atoms with Crippen LogP contribution in [-0.4, -0.2) is 77.4 Å². The predicted octanol–water partition coefficient (Wildman–Crippen LogP) is -0.0833. The molecule has 160 valence electrons. The summed E-state index contributed by atoms with van der Waals surface area (Å²) < 4.78 is 48.2. The van der Waals surface area contributed by atoms with Crippen LogP contribution in [0.2, 0.25) is 0 Å². The van der Waals surface area contributed by atoms with Crippen molar-refractivity contribution in [3.63, 3.8) is 0 Å². The van der Waals surface area contributed by atoms with Crippen LogP contribution < -0.4 is 14.2 Å². The molecular formula is C18H24N2O8S. The molecule has 2 aliphatic heterocycles. The van der Waals surface area contributed by atoms with Gasteiger partial charge in [-0.3, -0.25) is 9.59 Å². The van der Waals surface area contributed by atoms with Gasteiger partial charge in [0.15, 0.2) is 17.6 Å². The first kappa shape index (κ1) is 21.3. The van der Waals surface area contributed by atoms with E-state index in [1.165, 1.54) is 25.1 Å². The molecule has 1 N–H and O–H groups in total. The molecule has 0 saturated carbocycles. The van der Waals surface area contributed by atoms with E-state index in [2.05, 4.69) is 4.72 Å². The Bertz CT molecular complexity index is 851. The molecule has 1 fully saturated rings. The van der Waals surface area contributed by atoms with Crippen LogP contribution in [0, 0.1) is 0 Å². The topological polar surface area (TPSA) is 120 Å². The molecule has 0 spiro atoms. The van der Waals surface area contributed by atoms with Crippen LogP contribution in [0.4, 0.5) is 0 Å². The summed E-state index contributed by atoms with van der Waals surface area (Å²) >= 11 is 0. The lowest BCUT2D eigenvalue weighted by molar-refractivity contribution is -0.160. The van der Waals surface area contributed by atoms with E-state index in [1.54, 1.807) is 4.90 Å². The maximum absolute atomic E-state index is 12.4. The van der Waals surface area contributed by atoms with Gasteiger partial charge in [0.1, 0.15) is 13.2 Å². The zero-order chi connectivity index (χ0) is 20.9. The number of carbonyl (C=O) groups excluding carboxylic acids is 2. The molecule has 2 heterocycles. The SMILES string of the molecule is CC(OC(=O)CCNS(=O)(=O)c1ccc2c(c1)OCCO2)C(=O)N1CCOCC1. The highest BCUT2D eigenvalue weighted by Gasteiger charge is 2.25. The lowest BCUT2D eigenvalue weighted by Crippen LogP contribution is -2.46. The smallest absolute Gasteiger partial charge is 0.307 e. The molecule has 1 amide bonds. The van der Waals surface area contributed by atoms with Gasteiger partial charge in [-0.05, 0) is 19.1 Å². The highest BCUT2D eigenvalue weighted by Crippen LogP contribution is 2.32. The molecule has 0 aliphatic carbocycles. The molecule has 1 unspecified atom stereocenters. The van der Waals surface area contributed by atoms with Gasteiger partial charge in [-0.15, -0.1) is 0 Å². The first-order chi connectivity index (χ1) is 13.9. The zero-order valence-corrected chi connectivity index (χ0v) is 16.9. The average molecular weight is 428 g/mol. The van der Waals surface area contributed by atoms with Gasteiger partial charge >= 0.3 is 5.97 Å². The van der Waals surface area contributed by atoms with Gasteiger partial charge in [-0.25, -0.2) is 13.1 Å². The number of nitrogens with zero attached hydrogens (tertiary/aromatic N) is 1. The van der Waals surface area contributed by atoms with Crippen molar-refractivity contribution < 1.29 is 37.0 Å². The number of sulfonamides is 1. The number of morpholine rings is 1. The summed E-state index contributed by atoms with van der Waals surface area (Å²) in [4.78, 5) is 25.8. The van der Waals surface area contributed by atoms with Gasteiger partial charge in [0.05, 0.1) is 24.5 Å². The van der Waals surface area contributed by atoms with Crippen LogP contribution in [0.15, 0.2) is 23.1 Å². The fourth-order valence-corrected chi connectivity index (χ4v) is 3.96. The van der Waals surface area contributed by atoms with E-state index in [4.69, 9.17) is 18.9 Å². The lowest BCUT2D eigenvalue weighted by Gasteiger charge is -2.28. The van der Waals surface area contributed by atoms with Gasteiger partial charge in [-0.1, -0.05) is 0 Å². The number of carbonyl (C=O) groups is 2. The Labute approximate surface area is 169 Å². The largest absolute Gasteiger partial charge is 0.486 e. The van der Waals surface area contributed by atoms with Crippen LogP contribution in [0.1, 0.15) is 13.3 Å². The van der Waals surface area contributed by atoms with Crippen molar-refractivity contribution in [1.29, 1.82) is 0 Å². The van der Waals surface area contributed by atoms with Crippen LogP contribution in [-0.2, 0) is 29.1 Å². The average Bonchev–Trinajstić information content (AvgIpc) is 2.73. The second-order valence-electron chi connectivity index (χ2n) is 6.52. The van der Waals surface area contributed by atoms with E-state index in [9.17, 15) is 18.0 Å². The molecule has 2 aliphatic rings. The Morgan fingerprint density at radius 3 is 2.55 bits per heavy atom. The first-order valence-electron chi connectivity index (χ1n) is 9.32. The first-order valence-corrected chi connectivity index (χ1v) is 10.8. The highest BCUT2D eigenvalue weighted by atomic mass is 32.2. The Balaban J connectivity index is 1.47. The number of nitrogens with one attached hydrogen (secondary N) is 1. The van der Waals surface area contributed by atoms with E-state index >= 15 is 0 Å². The number of rotatable bonds is 7. The van der Waals surface area contributed by atoms with Crippen molar-refractivity contribution in [1.82, 2.24) is 9.62 Å². The summed E-state index contributed by atoms with van der Waals surface area (Å²) in [7, 11) is -3.83. The number of ether oxygens (including phenoxy) is 4. The summed E-state index contributed by atoms with van der Waals surface area (Å²) in [6, 6.07) is 4.30. The minimum absolute atomic E-state index is 0.00554. The van der Waals surface area contributed by atoms with Gasteiger partial charge in [0.2, 0.25) is 10.0 Å². The highest BCUT2D eigenvalue weighted by molar-refractivity contribution is 7.89. The van der Waals surface area contributed by atoms with E-state index in [-0.39, 0.29) is 23.8 Å². The fourth-order valence-electron chi connectivity index (χ4n) is 2.91. The molecule has 1 atom stereocenters.